The standard InChI is InChI=1S/C15H18N4O4S/c1-22-9-3-8-16-12(20)14-18-19-15(24-14)13(21)17-10-4-6-11(23-2)7-5-10/h4-7H,3,8-9H2,1-2H3,(H,16,20)(H,17,21). The van der Waals surface area contributed by atoms with Gasteiger partial charge in [0.05, 0.1) is 7.11 Å². The van der Waals surface area contributed by atoms with E-state index in [1.807, 2.05) is 0 Å². The van der Waals surface area contributed by atoms with Gasteiger partial charge in [-0.25, -0.2) is 0 Å². The molecule has 0 fully saturated rings. The molecule has 128 valence electrons. The molecule has 9 heteroatoms. The van der Waals surface area contributed by atoms with Crippen LogP contribution in [-0.2, 0) is 4.74 Å². The van der Waals surface area contributed by atoms with Gasteiger partial charge in [0, 0.05) is 25.9 Å². The van der Waals surface area contributed by atoms with Gasteiger partial charge in [0.2, 0.25) is 10.0 Å². The van der Waals surface area contributed by atoms with E-state index in [1.54, 1.807) is 38.5 Å². The summed E-state index contributed by atoms with van der Waals surface area (Å²) in [6.45, 7) is 1.03. The summed E-state index contributed by atoms with van der Waals surface area (Å²) in [5, 5.41) is 13.1. The fraction of sp³-hybridized carbons (Fsp3) is 0.333. The summed E-state index contributed by atoms with van der Waals surface area (Å²) in [5.74, 6) is -0.0838. The van der Waals surface area contributed by atoms with E-state index in [-0.39, 0.29) is 15.9 Å². The van der Waals surface area contributed by atoms with Crippen molar-refractivity contribution in [2.75, 3.05) is 32.7 Å². The molecule has 0 unspecified atom stereocenters. The molecule has 0 radical (unpaired) electrons. The molecule has 0 spiro atoms. The van der Waals surface area contributed by atoms with Gasteiger partial charge in [0.15, 0.2) is 0 Å². The van der Waals surface area contributed by atoms with E-state index < -0.39 is 5.91 Å². The minimum absolute atomic E-state index is 0.118. The third kappa shape index (κ3) is 5.00. The third-order valence-electron chi connectivity index (χ3n) is 2.97. The van der Waals surface area contributed by atoms with Crippen LogP contribution in [0.1, 0.15) is 26.0 Å². The van der Waals surface area contributed by atoms with Gasteiger partial charge in [-0.1, -0.05) is 11.3 Å². The van der Waals surface area contributed by atoms with Gasteiger partial charge in [-0.2, -0.15) is 0 Å². The molecule has 2 amide bonds. The zero-order valence-electron chi connectivity index (χ0n) is 13.4. The Morgan fingerprint density at radius 2 is 1.75 bits per heavy atom. The van der Waals surface area contributed by atoms with Crippen molar-refractivity contribution in [3.63, 3.8) is 0 Å². The molecule has 0 saturated carbocycles. The van der Waals surface area contributed by atoms with Gasteiger partial charge >= 0.3 is 0 Å². The van der Waals surface area contributed by atoms with Gasteiger partial charge in [0.25, 0.3) is 11.8 Å². The number of hydrogen-bond acceptors (Lipinski definition) is 7. The number of benzene rings is 1. The normalized spacial score (nSPS) is 10.2. The molecule has 1 aromatic heterocycles. The Labute approximate surface area is 143 Å². The predicted molar refractivity (Wildman–Crippen MR) is 89.7 cm³/mol. The summed E-state index contributed by atoms with van der Waals surface area (Å²) in [4.78, 5) is 24.0. The van der Waals surface area contributed by atoms with Gasteiger partial charge in [0.1, 0.15) is 5.75 Å². The number of carbonyl (C=O) groups excluding carboxylic acids is 2. The van der Waals surface area contributed by atoms with Gasteiger partial charge in [-0.3, -0.25) is 9.59 Å². The summed E-state index contributed by atoms with van der Waals surface area (Å²) in [5.41, 5.74) is 0.599. The Balaban J connectivity index is 1.91. The second kappa shape index (κ2) is 8.94. The largest absolute Gasteiger partial charge is 0.497 e. The molecule has 2 N–H and O–H groups in total. The maximum Gasteiger partial charge on any atom is 0.286 e. The average molecular weight is 350 g/mol. The topological polar surface area (TPSA) is 102 Å². The lowest BCUT2D eigenvalue weighted by atomic mass is 10.3. The molecular weight excluding hydrogens is 332 g/mol. The number of rotatable bonds is 8. The molecule has 0 aliphatic rings. The van der Waals surface area contributed by atoms with Crippen LogP contribution in [0, 0.1) is 0 Å². The van der Waals surface area contributed by atoms with Crippen LogP contribution in [0.2, 0.25) is 0 Å². The fourth-order valence-electron chi connectivity index (χ4n) is 1.76. The summed E-state index contributed by atoms with van der Waals surface area (Å²) >= 11 is 0.938. The van der Waals surface area contributed by atoms with Crippen LogP contribution in [0.25, 0.3) is 0 Å². The Kier molecular flexibility index (Phi) is 6.64. The average Bonchev–Trinajstić information content (AvgIpc) is 3.09. The molecule has 1 aromatic carbocycles. The molecule has 2 rings (SSSR count). The molecular formula is C15H18N4O4S. The number of methoxy groups -OCH3 is 2. The summed E-state index contributed by atoms with van der Waals surface area (Å²) in [7, 11) is 3.16. The van der Waals surface area contributed by atoms with Crippen LogP contribution in [0.4, 0.5) is 5.69 Å². The lowest BCUT2D eigenvalue weighted by molar-refractivity contribution is 0.0946. The van der Waals surface area contributed by atoms with E-state index in [4.69, 9.17) is 9.47 Å². The van der Waals surface area contributed by atoms with Crippen molar-refractivity contribution in [1.29, 1.82) is 0 Å². The van der Waals surface area contributed by atoms with Gasteiger partial charge in [-0.15, -0.1) is 10.2 Å². The molecule has 0 bridgehead atoms. The van der Waals surface area contributed by atoms with E-state index >= 15 is 0 Å². The number of anilines is 1. The zero-order valence-corrected chi connectivity index (χ0v) is 14.2. The Morgan fingerprint density at radius 1 is 1.08 bits per heavy atom. The zero-order chi connectivity index (χ0) is 17.4. The number of ether oxygens (including phenoxy) is 2. The van der Waals surface area contributed by atoms with Crippen molar-refractivity contribution in [2.24, 2.45) is 0 Å². The summed E-state index contributed by atoms with van der Waals surface area (Å²) < 4.78 is 9.95. The smallest absolute Gasteiger partial charge is 0.286 e. The van der Waals surface area contributed by atoms with Crippen LogP contribution < -0.4 is 15.4 Å². The Morgan fingerprint density at radius 3 is 2.38 bits per heavy atom. The maximum absolute atomic E-state index is 12.1. The SMILES string of the molecule is COCCCNC(=O)c1nnc(C(=O)Nc2ccc(OC)cc2)s1. The highest BCUT2D eigenvalue weighted by atomic mass is 32.1. The van der Waals surface area contributed by atoms with Crippen LogP contribution in [0.5, 0.6) is 5.75 Å². The number of hydrogen-bond donors (Lipinski definition) is 2. The van der Waals surface area contributed by atoms with Gasteiger partial charge in [-0.05, 0) is 30.7 Å². The van der Waals surface area contributed by atoms with Crippen molar-refractivity contribution < 1.29 is 19.1 Å². The number of aromatic nitrogens is 2. The molecule has 24 heavy (non-hydrogen) atoms. The van der Waals surface area contributed by atoms with Crippen LogP contribution in [0.3, 0.4) is 0 Å². The number of nitrogens with one attached hydrogen (secondary N) is 2. The van der Waals surface area contributed by atoms with E-state index in [2.05, 4.69) is 20.8 Å². The highest BCUT2D eigenvalue weighted by molar-refractivity contribution is 7.15. The van der Waals surface area contributed by atoms with E-state index in [0.29, 0.717) is 31.0 Å². The molecule has 2 aromatic rings. The molecule has 1 heterocycles. The molecule has 0 aliphatic heterocycles. The number of amides is 2. The van der Waals surface area contributed by atoms with E-state index in [1.165, 1.54) is 0 Å². The van der Waals surface area contributed by atoms with Crippen molar-refractivity contribution in [3.05, 3.63) is 34.3 Å². The lowest BCUT2D eigenvalue weighted by Crippen LogP contribution is -2.25. The second-order valence-electron chi connectivity index (χ2n) is 4.70. The molecule has 0 atom stereocenters. The Hall–Kier alpha value is -2.52. The van der Waals surface area contributed by atoms with E-state index in [0.717, 1.165) is 11.3 Å². The lowest BCUT2D eigenvalue weighted by Gasteiger charge is -2.04. The first-order valence-corrected chi connectivity index (χ1v) is 8.01. The van der Waals surface area contributed by atoms with Crippen molar-refractivity contribution in [1.82, 2.24) is 15.5 Å². The van der Waals surface area contributed by atoms with Crippen molar-refractivity contribution >= 4 is 28.8 Å². The third-order valence-corrected chi connectivity index (χ3v) is 3.89. The van der Waals surface area contributed by atoms with Crippen LogP contribution in [0.15, 0.2) is 24.3 Å². The van der Waals surface area contributed by atoms with Crippen LogP contribution >= 0.6 is 11.3 Å². The van der Waals surface area contributed by atoms with Gasteiger partial charge < -0.3 is 20.1 Å². The van der Waals surface area contributed by atoms with Crippen LogP contribution in [-0.4, -0.2) is 49.4 Å². The first-order valence-electron chi connectivity index (χ1n) is 7.20. The quantitative estimate of drug-likeness (QED) is 0.701. The Bertz CT molecular complexity index is 687. The fourth-order valence-corrected chi connectivity index (χ4v) is 2.41. The first kappa shape index (κ1) is 17.8. The highest BCUT2D eigenvalue weighted by Crippen LogP contribution is 2.17. The minimum Gasteiger partial charge on any atom is -0.497 e. The maximum atomic E-state index is 12.1. The van der Waals surface area contributed by atoms with E-state index in [9.17, 15) is 9.59 Å². The first-order chi connectivity index (χ1) is 11.6. The summed E-state index contributed by atoms with van der Waals surface area (Å²) in [6, 6.07) is 6.88. The minimum atomic E-state index is -0.420. The molecule has 0 aliphatic carbocycles. The summed E-state index contributed by atoms with van der Waals surface area (Å²) in [6.07, 6.45) is 0.700. The number of carbonyl (C=O) groups is 2. The monoisotopic (exact) mass is 350 g/mol. The number of nitrogens with zero attached hydrogens (tertiary/aromatic N) is 2. The molecule has 0 saturated heterocycles. The highest BCUT2D eigenvalue weighted by Gasteiger charge is 2.17. The second-order valence-corrected chi connectivity index (χ2v) is 5.67. The molecule has 8 nitrogen and oxygen atoms in total. The predicted octanol–water partition coefficient (Wildman–Crippen LogP) is 1.57. The van der Waals surface area contributed by atoms with Crippen molar-refractivity contribution in [3.8, 4) is 5.75 Å². The van der Waals surface area contributed by atoms with Crippen molar-refractivity contribution in [2.45, 2.75) is 6.42 Å².